The number of carbonyl (C=O) groups is 5. The molecular weight excluding hydrogens is 392 g/mol. The Labute approximate surface area is 173 Å². The van der Waals surface area contributed by atoms with Crippen molar-refractivity contribution in [1.29, 1.82) is 0 Å². The van der Waals surface area contributed by atoms with Gasteiger partial charge in [0, 0.05) is 25.4 Å². The van der Waals surface area contributed by atoms with Crippen LogP contribution in [0.1, 0.15) is 44.0 Å². The molecule has 0 unspecified atom stereocenters. The van der Waals surface area contributed by atoms with Crippen molar-refractivity contribution in [3.8, 4) is 0 Å². The number of esters is 1. The number of nitrogens with zero attached hydrogens (tertiary/aromatic N) is 2. The molecule has 0 aliphatic carbocycles. The zero-order valence-electron chi connectivity index (χ0n) is 17.1. The van der Waals surface area contributed by atoms with E-state index in [-0.39, 0.29) is 18.7 Å². The normalized spacial score (nSPS) is 20.0. The average Bonchev–Trinajstić information content (AvgIpc) is 3.04. The summed E-state index contributed by atoms with van der Waals surface area (Å²) < 4.78 is 5.20. The smallest absolute Gasteiger partial charge is 0.354 e. The Morgan fingerprint density at radius 2 is 1.90 bits per heavy atom. The number of hydrogen-bond acceptors (Lipinski definition) is 6. The third kappa shape index (κ3) is 3.38. The Kier molecular flexibility index (Phi) is 5.77. The molecule has 2 heterocycles. The van der Waals surface area contributed by atoms with E-state index in [0.29, 0.717) is 17.8 Å². The molecule has 10 heteroatoms. The number of urea groups is 1. The van der Waals surface area contributed by atoms with Crippen molar-refractivity contribution in [2.24, 2.45) is 0 Å². The van der Waals surface area contributed by atoms with Crippen LogP contribution in [0.25, 0.3) is 0 Å². The molecule has 1 saturated heterocycles. The van der Waals surface area contributed by atoms with Crippen molar-refractivity contribution in [2.45, 2.75) is 45.3 Å². The van der Waals surface area contributed by atoms with Crippen molar-refractivity contribution < 1.29 is 28.7 Å². The number of anilines is 1. The molecule has 0 radical (unpaired) electrons. The van der Waals surface area contributed by atoms with E-state index in [0.717, 1.165) is 0 Å². The number of imide groups is 1. The quantitative estimate of drug-likeness (QED) is 0.683. The summed E-state index contributed by atoms with van der Waals surface area (Å²) in [4.78, 5) is 65.3. The Balaban J connectivity index is 1.93. The zero-order chi connectivity index (χ0) is 22.1. The summed E-state index contributed by atoms with van der Waals surface area (Å²) in [5, 5.41) is 4.43. The summed E-state index contributed by atoms with van der Waals surface area (Å²) in [6.45, 7) is 4.77. The van der Waals surface area contributed by atoms with Gasteiger partial charge in [0.1, 0.15) is 0 Å². The number of para-hydroxylation sites is 1. The molecule has 1 atom stereocenters. The molecule has 2 N–H and O–H groups in total. The number of amides is 5. The van der Waals surface area contributed by atoms with Crippen molar-refractivity contribution in [3.63, 3.8) is 0 Å². The monoisotopic (exact) mass is 416 g/mol. The number of rotatable bonds is 5. The molecule has 0 spiro atoms. The van der Waals surface area contributed by atoms with Crippen LogP contribution in [0, 0.1) is 0 Å². The maximum atomic E-state index is 13.2. The second-order valence-corrected chi connectivity index (χ2v) is 7.32. The fourth-order valence-corrected chi connectivity index (χ4v) is 3.99. The Morgan fingerprint density at radius 1 is 1.20 bits per heavy atom. The Bertz CT molecular complexity index is 914. The predicted octanol–water partition coefficient (Wildman–Crippen LogP) is 0.763. The minimum absolute atomic E-state index is 0.0425. The van der Waals surface area contributed by atoms with Gasteiger partial charge in [0.2, 0.25) is 11.6 Å². The number of ether oxygens (including phenoxy) is 1. The molecule has 0 saturated carbocycles. The van der Waals surface area contributed by atoms with Crippen LogP contribution in [0.3, 0.4) is 0 Å². The summed E-state index contributed by atoms with van der Waals surface area (Å²) in [5.74, 6) is -2.42. The largest absolute Gasteiger partial charge is 0.452 e. The molecule has 1 aromatic carbocycles. The molecule has 10 nitrogen and oxygen atoms in total. The zero-order valence-corrected chi connectivity index (χ0v) is 17.1. The van der Waals surface area contributed by atoms with Crippen LogP contribution in [-0.4, -0.2) is 59.5 Å². The molecule has 30 heavy (non-hydrogen) atoms. The van der Waals surface area contributed by atoms with Crippen LogP contribution < -0.4 is 15.5 Å². The molecule has 0 aromatic heterocycles. The molecule has 1 fully saturated rings. The molecule has 2 aliphatic heterocycles. The number of carbonyl (C=O) groups excluding carboxylic acids is 5. The minimum Gasteiger partial charge on any atom is -0.452 e. The molecule has 5 amide bonds. The summed E-state index contributed by atoms with van der Waals surface area (Å²) in [7, 11) is 0. The lowest BCUT2D eigenvalue weighted by atomic mass is 9.95. The van der Waals surface area contributed by atoms with E-state index in [1.807, 2.05) is 5.32 Å². The van der Waals surface area contributed by atoms with Gasteiger partial charge in [0.25, 0.3) is 11.8 Å². The van der Waals surface area contributed by atoms with Crippen LogP contribution in [0.5, 0.6) is 0 Å². The fraction of sp³-hybridized carbons (Fsp3) is 0.450. The van der Waals surface area contributed by atoms with Gasteiger partial charge in [-0.3, -0.25) is 24.6 Å². The topological polar surface area (TPSA) is 125 Å². The standard InChI is InChI=1S/C20H24N4O6/c1-4-21-19(29)22-15(25)11-30-18(28)20-10-9-16(26)24(20)14-8-6-5-7-13(14)17(27)23(20)12(2)3/h5-8,12H,4,9-11H2,1-3H3,(H2,21,22,25,29)/t20-/m1/s1. The van der Waals surface area contributed by atoms with Crippen LogP contribution in [0.2, 0.25) is 0 Å². The van der Waals surface area contributed by atoms with Crippen LogP contribution >= 0.6 is 0 Å². The number of benzene rings is 1. The van der Waals surface area contributed by atoms with Gasteiger partial charge >= 0.3 is 12.0 Å². The number of hydrogen-bond donors (Lipinski definition) is 2. The first-order valence-electron chi connectivity index (χ1n) is 9.74. The molecule has 3 rings (SSSR count). The molecule has 0 bridgehead atoms. The van der Waals surface area contributed by atoms with E-state index in [1.165, 1.54) is 9.80 Å². The van der Waals surface area contributed by atoms with Gasteiger partial charge in [-0.2, -0.15) is 0 Å². The highest BCUT2D eigenvalue weighted by molar-refractivity contribution is 6.15. The van der Waals surface area contributed by atoms with Gasteiger partial charge in [-0.1, -0.05) is 12.1 Å². The molecular formula is C20H24N4O6. The summed E-state index contributed by atoms with van der Waals surface area (Å²) in [6.07, 6.45) is 0.0892. The highest BCUT2D eigenvalue weighted by Crippen LogP contribution is 2.45. The fourth-order valence-electron chi connectivity index (χ4n) is 3.99. The highest BCUT2D eigenvalue weighted by atomic mass is 16.5. The highest BCUT2D eigenvalue weighted by Gasteiger charge is 2.62. The number of nitrogens with one attached hydrogen (secondary N) is 2. The van der Waals surface area contributed by atoms with E-state index in [4.69, 9.17) is 4.74 Å². The van der Waals surface area contributed by atoms with Gasteiger partial charge in [-0.15, -0.1) is 0 Å². The number of fused-ring (bicyclic) bond motifs is 3. The van der Waals surface area contributed by atoms with Crippen molar-refractivity contribution in [2.75, 3.05) is 18.1 Å². The summed E-state index contributed by atoms with van der Waals surface area (Å²) >= 11 is 0. The first-order valence-corrected chi connectivity index (χ1v) is 9.74. The van der Waals surface area contributed by atoms with Gasteiger partial charge in [-0.25, -0.2) is 9.59 Å². The lowest BCUT2D eigenvalue weighted by molar-refractivity contribution is -0.160. The van der Waals surface area contributed by atoms with Gasteiger partial charge < -0.3 is 15.0 Å². The third-order valence-electron chi connectivity index (χ3n) is 5.07. The summed E-state index contributed by atoms with van der Waals surface area (Å²) in [6, 6.07) is 5.45. The Hall–Kier alpha value is -3.43. The SMILES string of the molecule is CCNC(=O)NC(=O)COC(=O)[C@@]12CCC(=O)N1c1ccccc1C(=O)N2C(C)C. The molecule has 1 aromatic rings. The predicted molar refractivity (Wildman–Crippen MR) is 105 cm³/mol. The maximum Gasteiger partial charge on any atom is 0.354 e. The van der Waals surface area contributed by atoms with Gasteiger partial charge in [0.05, 0.1) is 11.3 Å². The second kappa shape index (κ2) is 8.13. The Morgan fingerprint density at radius 3 is 2.57 bits per heavy atom. The first kappa shape index (κ1) is 21.3. The third-order valence-corrected chi connectivity index (χ3v) is 5.07. The lowest BCUT2D eigenvalue weighted by Crippen LogP contribution is -2.70. The van der Waals surface area contributed by atoms with E-state index in [9.17, 15) is 24.0 Å². The molecule has 2 aliphatic rings. The minimum atomic E-state index is -1.68. The van der Waals surface area contributed by atoms with Gasteiger partial charge in [0.15, 0.2) is 6.61 Å². The second-order valence-electron chi connectivity index (χ2n) is 7.32. The van der Waals surface area contributed by atoms with Crippen LogP contribution in [-0.2, 0) is 19.1 Å². The summed E-state index contributed by atoms with van der Waals surface area (Å²) in [5.41, 5.74) is -1.02. The van der Waals surface area contributed by atoms with E-state index < -0.39 is 42.1 Å². The van der Waals surface area contributed by atoms with E-state index in [1.54, 1.807) is 45.0 Å². The van der Waals surface area contributed by atoms with Crippen molar-refractivity contribution >= 4 is 35.4 Å². The van der Waals surface area contributed by atoms with Crippen molar-refractivity contribution in [1.82, 2.24) is 15.5 Å². The van der Waals surface area contributed by atoms with Crippen LogP contribution in [0.15, 0.2) is 24.3 Å². The van der Waals surface area contributed by atoms with Gasteiger partial charge in [-0.05, 0) is 32.9 Å². The van der Waals surface area contributed by atoms with E-state index >= 15 is 0 Å². The van der Waals surface area contributed by atoms with Crippen molar-refractivity contribution in [3.05, 3.63) is 29.8 Å². The maximum absolute atomic E-state index is 13.2. The van der Waals surface area contributed by atoms with Crippen LogP contribution in [0.4, 0.5) is 10.5 Å². The molecule has 160 valence electrons. The lowest BCUT2D eigenvalue weighted by Gasteiger charge is -2.50. The van der Waals surface area contributed by atoms with E-state index in [2.05, 4.69) is 5.32 Å². The average molecular weight is 416 g/mol. The first-order chi connectivity index (χ1) is 14.2.